The topological polar surface area (TPSA) is 64.2 Å². The number of nitrogens with two attached hydrogens (primary N) is 1. The lowest BCUT2D eigenvalue weighted by Gasteiger charge is -2.29. The summed E-state index contributed by atoms with van der Waals surface area (Å²) in [7, 11) is 0. The van der Waals surface area contributed by atoms with Crippen LogP contribution in [0.2, 0.25) is 0 Å². The van der Waals surface area contributed by atoms with Crippen molar-refractivity contribution in [1.29, 1.82) is 0 Å². The molecule has 1 aliphatic rings. The molecule has 1 aromatic heterocycles. The van der Waals surface area contributed by atoms with Gasteiger partial charge in [0.15, 0.2) is 5.69 Å². The molecule has 1 aromatic carbocycles. The highest BCUT2D eigenvalue weighted by molar-refractivity contribution is 9.10. The van der Waals surface area contributed by atoms with Crippen LogP contribution in [-0.4, -0.2) is 39.7 Å². The molecule has 0 radical (unpaired) electrons. The number of carbonyl (C=O) groups is 1. The van der Waals surface area contributed by atoms with Crippen LogP contribution >= 0.6 is 15.9 Å². The zero-order valence-electron chi connectivity index (χ0n) is 11.9. The van der Waals surface area contributed by atoms with Gasteiger partial charge in [-0.25, -0.2) is 9.07 Å². The van der Waals surface area contributed by atoms with Crippen molar-refractivity contribution in [2.75, 3.05) is 13.1 Å². The first-order valence-electron chi connectivity index (χ1n) is 7.10. The molecular weight excluding hydrogens is 351 g/mol. The van der Waals surface area contributed by atoms with Gasteiger partial charge in [0.2, 0.25) is 0 Å². The third kappa shape index (κ3) is 3.05. The molecule has 0 atom stereocenters. The molecule has 2 N–H and O–H groups in total. The minimum Gasteiger partial charge on any atom is -0.337 e. The molecule has 3 rings (SSSR count). The third-order valence-corrected chi connectivity index (χ3v) is 4.37. The highest BCUT2D eigenvalue weighted by Gasteiger charge is 2.25. The number of carbonyl (C=O) groups excluding carboxylic acids is 1. The summed E-state index contributed by atoms with van der Waals surface area (Å²) in [5, 5.41) is 4.33. The number of hydrogen-bond donors (Lipinski definition) is 1. The van der Waals surface area contributed by atoms with Crippen LogP contribution in [0.3, 0.4) is 0 Å². The van der Waals surface area contributed by atoms with Crippen LogP contribution in [0.4, 0.5) is 4.39 Å². The molecular formula is C15H16BrFN4O. The van der Waals surface area contributed by atoms with E-state index in [-0.39, 0.29) is 17.8 Å². The van der Waals surface area contributed by atoms with Gasteiger partial charge in [0, 0.05) is 25.3 Å². The van der Waals surface area contributed by atoms with Crippen LogP contribution < -0.4 is 5.73 Å². The second-order valence-corrected chi connectivity index (χ2v) is 6.23. The normalized spacial score (nSPS) is 16.0. The van der Waals surface area contributed by atoms with Crippen LogP contribution in [0, 0.1) is 5.82 Å². The van der Waals surface area contributed by atoms with Crippen molar-refractivity contribution in [2.45, 2.75) is 18.9 Å². The summed E-state index contributed by atoms with van der Waals surface area (Å²) in [6.07, 6.45) is 3.32. The molecule has 0 bridgehead atoms. The van der Waals surface area contributed by atoms with Crippen molar-refractivity contribution in [3.8, 4) is 5.69 Å². The van der Waals surface area contributed by atoms with Gasteiger partial charge in [0.05, 0.1) is 10.2 Å². The Hall–Kier alpha value is -1.73. The number of hydrogen-bond acceptors (Lipinski definition) is 3. The monoisotopic (exact) mass is 366 g/mol. The minimum atomic E-state index is -0.309. The molecule has 0 saturated carbocycles. The molecule has 1 aliphatic heterocycles. The van der Waals surface area contributed by atoms with Gasteiger partial charge in [0.25, 0.3) is 5.91 Å². The molecule has 1 amide bonds. The molecule has 2 heterocycles. The van der Waals surface area contributed by atoms with E-state index in [2.05, 4.69) is 21.0 Å². The van der Waals surface area contributed by atoms with Crippen LogP contribution in [0.15, 0.2) is 34.9 Å². The van der Waals surface area contributed by atoms with E-state index in [1.54, 1.807) is 27.9 Å². The van der Waals surface area contributed by atoms with E-state index >= 15 is 0 Å². The SMILES string of the molecule is NC1CCN(C(=O)c2nn(-c3ccc(F)cc3)cc2Br)CC1. The third-order valence-electron chi connectivity index (χ3n) is 3.79. The summed E-state index contributed by atoms with van der Waals surface area (Å²) < 4.78 is 15.2. The number of rotatable bonds is 2. The fraction of sp³-hybridized carbons (Fsp3) is 0.333. The number of benzene rings is 1. The maximum Gasteiger partial charge on any atom is 0.275 e. The smallest absolute Gasteiger partial charge is 0.275 e. The lowest BCUT2D eigenvalue weighted by atomic mass is 10.1. The van der Waals surface area contributed by atoms with Crippen molar-refractivity contribution in [1.82, 2.24) is 14.7 Å². The Morgan fingerprint density at radius 1 is 1.27 bits per heavy atom. The van der Waals surface area contributed by atoms with Gasteiger partial charge < -0.3 is 10.6 Å². The van der Waals surface area contributed by atoms with Crippen LogP contribution in [0.1, 0.15) is 23.3 Å². The number of piperidine rings is 1. The molecule has 5 nitrogen and oxygen atoms in total. The summed E-state index contributed by atoms with van der Waals surface area (Å²) in [6, 6.07) is 6.12. The van der Waals surface area contributed by atoms with Crippen molar-refractivity contribution < 1.29 is 9.18 Å². The van der Waals surface area contributed by atoms with E-state index in [9.17, 15) is 9.18 Å². The molecule has 7 heteroatoms. The Kier molecular flexibility index (Phi) is 4.26. The largest absolute Gasteiger partial charge is 0.337 e. The van der Waals surface area contributed by atoms with Crippen molar-refractivity contribution in [2.24, 2.45) is 5.73 Å². The van der Waals surface area contributed by atoms with E-state index in [1.807, 2.05) is 0 Å². The maximum absolute atomic E-state index is 13.0. The molecule has 0 unspecified atom stereocenters. The summed E-state index contributed by atoms with van der Waals surface area (Å²) in [5.41, 5.74) is 6.92. The lowest BCUT2D eigenvalue weighted by molar-refractivity contribution is 0.0707. The van der Waals surface area contributed by atoms with E-state index in [1.165, 1.54) is 12.1 Å². The zero-order chi connectivity index (χ0) is 15.7. The van der Waals surface area contributed by atoms with E-state index in [0.717, 1.165) is 12.8 Å². The Morgan fingerprint density at radius 2 is 1.91 bits per heavy atom. The number of likely N-dealkylation sites (tertiary alicyclic amines) is 1. The summed E-state index contributed by atoms with van der Waals surface area (Å²) in [5.74, 6) is -0.421. The van der Waals surface area contributed by atoms with E-state index < -0.39 is 0 Å². The van der Waals surface area contributed by atoms with Gasteiger partial charge in [-0.2, -0.15) is 5.10 Å². The Labute approximate surface area is 136 Å². The summed E-state index contributed by atoms with van der Waals surface area (Å²) >= 11 is 3.38. The van der Waals surface area contributed by atoms with Crippen LogP contribution in [-0.2, 0) is 0 Å². The maximum atomic E-state index is 13.0. The Morgan fingerprint density at radius 3 is 2.55 bits per heavy atom. The number of amides is 1. The van der Waals surface area contributed by atoms with E-state index in [4.69, 9.17) is 5.73 Å². The molecule has 0 spiro atoms. The van der Waals surface area contributed by atoms with Gasteiger partial charge in [0.1, 0.15) is 5.82 Å². The highest BCUT2D eigenvalue weighted by atomic mass is 79.9. The lowest BCUT2D eigenvalue weighted by Crippen LogP contribution is -2.43. The quantitative estimate of drug-likeness (QED) is 0.886. The predicted molar refractivity (Wildman–Crippen MR) is 84.3 cm³/mol. The molecule has 0 aliphatic carbocycles. The van der Waals surface area contributed by atoms with Crippen molar-refractivity contribution in [3.05, 3.63) is 46.4 Å². The van der Waals surface area contributed by atoms with Gasteiger partial charge in [-0.15, -0.1) is 0 Å². The average Bonchev–Trinajstić information content (AvgIpc) is 2.90. The fourth-order valence-corrected chi connectivity index (χ4v) is 2.92. The first-order valence-corrected chi connectivity index (χ1v) is 7.90. The molecule has 2 aromatic rings. The highest BCUT2D eigenvalue weighted by Crippen LogP contribution is 2.21. The fourth-order valence-electron chi connectivity index (χ4n) is 2.48. The zero-order valence-corrected chi connectivity index (χ0v) is 13.5. The standard InChI is InChI=1S/C15H16BrFN4O/c16-13-9-21(12-3-1-10(17)2-4-12)19-14(13)15(22)20-7-5-11(18)6-8-20/h1-4,9,11H,5-8,18H2. The van der Waals surface area contributed by atoms with Gasteiger partial charge in [-0.05, 0) is 53.0 Å². The van der Waals surface area contributed by atoms with Gasteiger partial charge in [-0.1, -0.05) is 0 Å². The summed E-state index contributed by atoms with van der Waals surface area (Å²) in [6.45, 7) is 1.30. The average molecular weight is 367 g/mol. The molecule has 1 saturated heterocycles. The van der Waals surface area contributed by atoms with E-state index in [0.29, 0.717) is 28.9 Å². The van der Waals surface area contributed by atoms with Gasteiger partial charge in [-0.3, -0.25) is 4.79 Å². The van der Waals surface area contributed by atoms with Crippen LogP contribution in [0.25, 0.3) is 5.69 Å². The number of aromatic nitrogens is 2. The molecule has 1 fully saturated rings. The Balaban J connectivity index is 1.83. The van der Waals surface area contributed by atoms with Gasteiger partial charge >= 0.3 is 0 Å². The minimum absolute atomic E-state index is 0.111. The summed E-state index contributed by atoms with van der Waals surface area (Å²) in [4.78, 5) is 14.3. The predicted octanol–water partition coefficient (Wildman–Crippen LogP) is 2.34. The molecule has 22 heavy (non-hydrogen) atoms. The first-order chi connectivity index (χ1) is 10.5. The first kappa shape index (κ1) is 15.2. The van der Waals surface area contributed by atoms with Crippen LogP contribution in [0.5, 0.6) is 0 Å². The van der Waals surface area contributed by atoms with Crippen molar-refractivity contribution in [3.63, 3.8) is 0 Å². The number of nitrogens with zero attached hydrogens (tertiary/aromatic N) is 3. The Bertz CT molecular complexity index is 677. The second kappa shape index (κ2) is 6.18. The van der Waals surface area contributed by atoms with Crippen molar-refractivity contribution >= 4 is 21.8 Å². The second-order valence-electron chi connectivity index (χ2n) is 5.38. The number of halogens is 2. The molecule has 116 valence electrons.